The molecule has 12 nitrogen and oxygen atoms in total. The van der Waals surface area contributed by atoms with Gasteiger partial charge < -0.3 is 25.2 Å². The van der Waals surface area contributed by atoms with Crippen molar-refractivity contribution in [1.82, 2.24) is 30.5 Å². The number of halogens is 4. The molecule has 0 bridgehead atoms. The number of piperidine rings is 1. The van der Waals surface area contributed by atoms with Gasteiger partial charge >= 0.3 is 12.1 Å². The van der Waals surface area contributed by atoms with Crippen LogP contribution in [0.25, 0.3) is 5.69 Å². The van der Waals surface area contributed by atoms with E-state index >= 15 is 0 Å². The maximum Gasteiger partial charge on any atom is 0.490 e. The van der Waals surface area contributed by atoms with Crippen molar-refractivity contribution in [2.45, 2.75) is 38.5 Å². The minimum absolute atomic E-state index is 0.0111. The lowest BCUT2D eigenvalue weighted by Crippen LogP contribution is -2.44. The molecule has 0 aliphatic carbocycles. The Bertz CT molecular complexity index is 1410. The number of hydrogen-bond acceptors (Lipinski definition) is 8. The number of alkyl halides is 4. The number of hydrogen-bond donors (Lipinski definition) is 3. The van der Waals surface area contributed by atoms with E-state index in [4.69, 9.17) is 19.4 Å². The zero-order valence-corrected chi connectivity index (χ0v) is 25.1. The van der Waals surface area contributed by atoms with Gasteiger partial charge in [-0.2, -0.15) is 13.2 Å². The van der Waals surface area contributed by atoms with Gasteiger partial charge in [0.15, 0.2) is 5.69 Å². The third kappa shape index (κ3) is 11.4. The molecule has 16 heteroatoms. The molecule has 1 saturated heterocycles. The summed E-state index contributed by atoms with van der Waals surface area (Å²) in [6.45, 7) is 4.78. The second-order valence-corrected chi connectivity index (χ2v) is 10.1. The number of nitrogens with one attached hydrogen (secondary N) is 2. The van der Waals surface area contributed by atoms with E-state index in [2.05, 4.69) is 38.0 Å². The fraction of sp³-hybridized carbons (Fsp3) is 0.433. The average Bonchev–Trinajstić information content (AvgIpc) is 3.53. The largest absolute Gasteiger partial charge is 0.490 e. The zero-order chi connectivity index (χ0) is 33.5. The standard InChI is InChI=1S/C28H35FN6O4.C2HF3O2/c1-2-30-27(36)22-8-9-25(26(18-22)39-17-16-38-15-12-29)35-20-24(32-33-35)28(37)31-23-10-13-34(14-11-23)19-21-6-4-3-5-7-21;3-2(4,5)1(6)7/h3-9,18,20,23H,2,10-17,19H2,1H3,(H,30,36)(H,31,37);(H,6,7). The topological polar surface area (TPSA) is 148 Å². The van der Waals surface area contributed by atoms with Crippen LogP contribution in [0.1, 0.15) is 46.2 Å². The molecular formula is C30H36F4N6O6. The number of rotatable bonds is 13. The van der Waals surface area contributed by atoms with Gasteiger partial charge in [0.25, 0.3) is 11.8 Å². The molecule has 0 unspecified atom stereocenters. The number of likely N-dealkylation sites (tertiary alicyclic amines) is 1. The van der Waals surface area contributed by atoms with Crippen LogP contribution in [0, 0.1) is 0 Å². The van der Waals surface area contributed by atoms with E-state index in [9.17, 15) is 27.2 Å². The first kappa shape index (κ1) is 35.9. The summed E-state index contributed by atoms with van der Waals surface area (Å²) in [4.78, 5) is 36.5. The number of benzene rings is 2. The second kappa shape index (κ2) is 17.8. The van der Waals surface area contributed by atoms with Gasteiger partial charge in [0.05, 0.1) is 19.4 Å². The minimum Gasteiger partial charge on any atom is -0.489 e. The van der Waals surface area contributed by atoms with E-state index in [1.54, 1.807) is 18.2 Å². The Morgan fingerprint density at radius 3 is 2.35 bits per heavy atom. The summed E-state index contributed by atoms with van der Waals surface area (Å²) >= 11 is 0. The SMILES string of the molecule is CCNC(=O)c1ccc(-n2cc(C(=O)NC3CCN(Cc4ccccc4)CC3)nn2)c(OCCOCCF)c1.O=C(O)C(F)(F)F. The Labute approximate surface area is 262 Å². The normalized spacial score (nSPS) is 13.8. The van der Waals surface area contributed by atoms with E-state index in [-0.39, 0.29) is 43.4 Å². The van der Waals surface area contributed by atoms with E-state index < -0.39 is 18.8 Å². The molecule has 2 aromatic carbocycles. The number of amides is 2. The van der Waals surface area contributed by atoms with Crippen LogP contribution in [0.5, 0.6) is 5.75 Å². The molecule has 0 atom stereocenters. The lowest BCUT2D eigenvalue weighted by Gasteiger charge is -2.32. The quantitative estimate of drug-likeness (QED) is 0.187. The van der Waals surface area contributed by atoms with Crippen molar-refractivity contribution in [2.75, 3.05) is 46.1 Å². The van der Waals surface area contributed by atoms with E-state index in [1.165, 1.54) is 16.4 Å². The highest BCUT2D eigenvalue weighted by Gasteiger charge is 2.38. The molecule has 0 radical (unpaired) electrons. The Morgan fingerprint density at radius 2 is 1.72 bits per heavy atom. The molecular weight excluding hydrogens is 616 g/mol. The summed E-state index contributed by atoms with van der Waals surface area (Å²) in [5.74, 6) is -2.92. The van der Waals surface area contributed by atoms with E-state index in [0.717, 1.165) is 32.5 Å². The Kier molecular flexibility index (Phi) is 13.9. The minimum atomic E-state index is -5.08. The number of aromatic nitrogens is 3. The first-order chi connectivity index (χ1) is 22.0. The second-order valence-electron chi connectivity index (χ2n) is 10.1. The number of carboxylic acids is 1. The van der Waals surface area contributed by atoms with Crippen molar-refractivity contribution < 1.29 is 46.5 Å². The number of carbonyl (C=O) groups is 3. The van der Waals surface area contributed by atoms with Crippen LogP contribution in [0.15, 0.2) is 54.7 Å². The first-order valence-electron chi connectivity index (χ1n) is 14.5. The molecule has 2 heterocycles. The molecule has 1 aliphatic rings. The van der Waals surface area contributed by atoms with Crippen molar-refractivity contribution in [3.05, 3.63) is 71.5 Å². The molecule has 0 spiro atoms. The number of nitrogens with zero attached hydrogens (tertiary/aromatic N) is 4. The van der Waals surface area contributed by atoms with Crippen molar-refractivity contribution in [3.63, 3.8) is 0 Å². The fourth-order valence-corrected chi connectivity index (χ4v) is 4.41. The Hall–Kier alpha value is -4.57. The van der Waals surface area contributed by atoms with Crippen LogP contribution in [0.2, 0.25) is 0 Å². The van der Waals surface area contributed by atoms with Crippen LogP contribution >= 0.6 is 0 Å². The Morgan fingerprint density at radius 1 is 1.02 bits per heavy atom. The highest BCUT2D eigenvalue weighted by atomic mass is 19.4. The number of carbonyl (C=O) groups excluding carboxylic acids is 2. The van der Waals surface area contributed by atoms with E-state index in [1.807, 2.05) is 25.1 Å². The predicted octanol–water partition coefficient (Wildman–Crippen LogP) is 3.41. The van der Waals surface area contributed by atoms with Crippen molar-refractivity contribution in [3.8, 4) is 11.4 Å². The molecule has 4 rings (SSSR count). The highest BCUT2D eigenvalue weighted by Crippen LogP contribution is 2.25. The van der Waals surface area contributed by atoms with Gasteiger partial charge in [-0.1, -0.05) is 35.5 Å². The summed E-state index contributed by atoms with van der Waals surface area (Å²) in [6.07, 6.45) is -1.83. The zero-order valence-electron chi connectivity index (χ0n) is 25.1. The first-order valence-corrected chi connectivity index (χ1v) is 14.5. The average molecular weight is 653 g/mol. The maximum atomic E-state index is 12.9. The Balaban J connectivity index is 0.000000738. The van der Waals surface area contributed by atoms with E-state index in [0.29, 0.717) is 23.5 Å². The number of carboxylic acid groups (broad SMARTS) is 1. The third-order valence-electron chi connectivity index (χ3n) is 6.65. The van der Waals surface area contributed by atoms with Crippen molar-refractivity contribution >= 4 is 17.8 Å². The number of ether oxygens (including phenoxy) is 2. The molecule has 0 saturated carbocycles. The van der Waals surface area contributed by atoms with Gasteiger partial charge in [0.2, 0.25) is 0 Å². The summed E-state index contributed by atoms with van der Waals surface area (Å²) in [6, 6.07) is 15.4. The molecule has 3 N–H and O–H groups in total. The predicted molar refractivity (Wildman–Crippen MR) is 158 cm³/mol. The van der Waals surface area contributed by atoms with Gasteiger partial charge in [-0.3, -0.25) is 14.5 Å². The summed E-state index contributed by atoms with van der Waals surface area (Å²) in [5, 5.41) is 21.1. The van der Waals surface area contributed by atoms with Gasteiger partial charge in [0, 0.05) is 37.8 Å². The fourth-order valence-electron chi connectivity index (χ4n) is 4.41. The molecule has 1 fully saturated rings. The third-order valence-corrected chi connectivity index (χ3v) is 6.65. The van der Waals surface area contributed by atoms with Crippen molar-refractivity contribution in [1.29, 1.82) is 0 Å². The molecule has 46 heavy (non-hydrogen) atoms. The molecule has 3 aromatic rings. The van der Waals surface area contributed by atoms with Gasteiger partial charge in [-0.15, -0.1) is 5.10 Å². The summed E-state index contributed by atoms with van der Waals surface area (Å²) in [5.41, 5.74) is 2.39. The van der Waals surface area contributed by atoms with Gasteiger partial charge in [-0.05, 0) is 43.5 Å². The van der Waals surface area contributed by atoms with Crippen LogP contribution in [-0.4, -0.2) is 101 Å². The van der Waals surface area contributed by atoms with Crippen LogP contribution < -0.4 is 15.4 Å². The lowest BCUT2D eigenvalue weighted by atomic mass is 10.0. The van der Waals surface area contributed by atoms with Crippen LogP contribution in [0.3, 0.4) is 0 Å². The summed E-state index contributed by atoms with van der Waals surface area (Å²) < 4.78 is 56.4. The van der Waals surface area contributed by atoms with Crippen molar-refractivity contribution in [2.24, 2.45) is 0 Å². The van der Waals surface area contributed by atoms with Crippen LogP contribution in [-0.2, 0) is 16.1 Å². The maximum absolute atomic E-state index is 12.9. The molecule has 250 valence electrons. The van der Waals surface area contributed by atoms with Gasteiger partial charge in [-0.25, -0.2) is 13.9 Å². The molecule has 1 aliphatic heterocycles. The highest BCUT2D eigenvalue weighted by molar-refractivity contribution is 5.95. The van der Waals surface area contributed by atoms with Crippen LogP contribution in [0.4, 0.5) is 17.6 Å². The van der Waals surface area contributed by atoms with Gasteiger partial charge in [0.1, 0.15) is 24.7 Å². The smallest absolute Gasteiger partial charge is 0.489 e. The monoisotopic (exact) mass is 652 g/mol. The summed E-state index contributed by atoms with van der Waals surface area (Å²) in [7, 11) is 0. The lowest BCUT2D eigenvalue weighted by molar-refractivity contribution is -0.192. The molecule has 2 amide bonds. The molecule has 1 aromatic heterocycles. The number of aliphatic carboxylic acids is 1.